The smallest absolute Gasteiger partial charge is 0.257 e. The first-order valence-corrected chi connectivity index (χ1v) is 6.07. The van der Waals surface area contributed by atoms with Crippen molar-refractivity contribution in [1.82, 2.24) is 10.6 Å². The van der Waals surface area contributed by atoms with Gasteiger partial charge in [0, 0.05) is 12.1 Å². The number of primary amides is 1. The van der Waals surface area contributed by atoms with Crippen molar-refractivity contribution in [2.24, 2.45) is 5.73 Å². The fraction of sp³-hybridized carbons (Fsp3) is 0.385. The number of halogens is 1. The lowest BCUT2D eigenvalue weighted by molar-refractivity contribution is -0.123. The molecular formula is C13H20ClN3O3. The van der Waals surface area contributed by atoms with Crippen LogP contribution in [0.15, 0.2) is 24.3 Å². The molecule has 1 rings (SSSR count). The number of benzene rings is 1. The number of carbonyl (C=O) groups excluding carboxylic acids is 2. The summed E-state index contributed by atoms with van der Waals surface area (Å²) in [6, 6.07) is 6.33. The third kappa shape index (κ3) is 6.96. The molecule has 0 radical (unpaired) electrons. The number of hydrogen-bond donors (Lipinski definition) is 3. The molecule has 0 fully saturated rings. The van der Waals surface area contributed by atoms with Crippen molar-refractivity contribution in [3.8, 4) is 5.75 Å². The number of hydrogen-bond acceptors (Lipinski definition) is 4. The van der Waals surface area contributed by atoms with Crippen molar-refractivity contribution in [2.45, 2.75) is 6.42 Å². The second-order valence-corrected chi connectivity index (χ2v) is 3.98. The number of rotatable bonds is 8. The predicted molar refractivity (Wildman–Crippen MR) is 79.3 cm³/mol. The van der Waals surface area contributed by atoms with Crippen LogP contribution in [0.4, 0.5) is 0 Å². The Morgan fingerprint density at radius 2 is 1.85 bits per heavy atom. The van der Waals surface area contributed by atoms with Gasteiger partial charge >= 0.3 is 0 Å². The van der Waals surface area contributed by atoms with Gasteiger partial charge in [-0.3, -0.25) is 9.59 Å². The lowest BCUT2D eigenvalue weighted by Gasteiger charge is -2.07. The van der Waals surface area contributed by atoms with Gasteiger partial charge < -0.3 is 21.1 Å². The van der Waals surface area contributed by atoms with Gasteiger partial charge in [0.25, 0.3) is 5.91 Å². The molecule has 1 aromatic rings. The molecule has 0 saturated carbocycles. The molecule has 112 valence electrons. The average molecular weight is 302 g/mol. The van der Waals surface area contributed by atoms with Gasteiger partial charge in [0.2, 0.25) is 5.91 Å². The summed E-state index contributed by atoms with van der Waals surface area (Å²) in [5, 5.41) is 5.73. The minimum Gasteiger partial charge on any atom is -0.484 e. The first kappa shape index (κ1) is 18.2. The number of ether oxygens (including phenoxy) is 1. The van der Waals surface area contributed by atoms with E-state index in [4.69, 9.17) is 10.5 Å². The highest BCUT2D eigenvalue weighted by molar-refractivity contribution is 5.92. The van der Waals surface area contributed by atoms with E-state index in [1.165, 1.54) is 0 Å². The molecule has 2 amide bonds. The van der Waals surface area contributed by atoms with Crippen LogP contribution >= 0.6 is 12.4 Å². The first-order chi connectivity index (χ1) is 9.13. The summed E-state index contributed by atoms with van der Waals surface area (Å²) < 4.78 is 5.28. The highest BCUT2D eigenvalue weighted by atomic mass is 35.5. The van der Waals surface area contributed by atoms with Crippen LogP contribution in [0.2, 0.25) is 0 Å². The largest absolute Gasteiger partial charge is 0.484 e. The molecule has 7 heteroatoms. The van der Waals surface area contributed by atoms with Gasteiger partial charge in [-0.2, -0.15) is 0 Å². The van der Waals surface area contributed by atoms with Crippen LogP contribution in [0.1, 0.15) is 16.8 Å². The van der Waals surface area contributed by atoms with E-state index in [0.29, 0.717) is 17.9 Å². The monoisotopic (exact) mass is 301 g/mol. The second kappa shape index (κ2) is 10.1. The van der Waals surface area contributed by atoms with E-state index in [2.05, 4.69) is 10.6 Å². The number of nitrogens with two attached hydrogens (primary N) is 1. The van der Waals surface area contributed by atoms with Crippen molar-refractivity contribution in [3.63, 3.8) is 0 Å². The molecule has 1 aromatic carbocycles. The lowest BCUT2D eigenvalue weighted by Crippen LogP contribution is -2.30. The van der Waals surface area contributed by atoms with E-state index in [1.54, 1.807) is 24.3 Å². The Labute approximate surface area is 124 Å². The van der Waals surface area contributed by atoms with Gasteiger partial charge in [-0.15, -0.1) is 12.4 Å². The summed E-state index contributed by atoms with van der Waals surface area (Å²) in [5.41, 5.74) is 5.52. The third-order valence-electron chi connectivity index (χ3n) is 2.43. The minimum absolute atomic E-state index is 0. The highest BCUT2D eigenvalue weighted by Crippen LogP contribution is 2.11. The summed E-state index contributed by atoms with van der Waals surface area (Å²) in [6.07, 6.45) is 0.871. The van der Waals surface area contributed by atoms with E-state index in [1.807, 2.05) is 7.05 Å². The van der Waals surface area contributed by atoms with E-state index in [9.17, 15) is 9.59 Å². The molecule has 0 aliphatic carbocycles. The molecule has 4 N–H and O–H groups in total. The van der Waals surface area contributed by atoms with Crippen molar-refractivity contribution in [3.05, 3.63) is 29.8 Å². The number of nitrogens with one attached hydrogen (secondary N) is 2. The van der Waals surface area contributed by atoms with Crippen molar-refractivity contribution >= 4 is 24.2 Å². The summed E-state index contributed by atoms with van der Waals surface area (Å²) >= 11 is 0. The first-order valence-electron chi connectivity index (χ1n) is 6.07. The van der Waals surface area contributed by atoms with Crippen LogP contribution < -0.4 is 21.1 Å². The third-order valence-corrected chi connectivity index (χ3v) is 2.43. The molecule has 0 aromatic heterocycles. The normalized spacial score (nSPS) is 9.45. The fourth-order valence-electron chi connectivity index (χ4n) is 1.41. The maximum atomic E-state index is 11.4. The molecule has 0 spiro atoms. The molecule has 0 saturated heterocycles. The van der Waals surface area contributed by atoms with Gasteiger partial charge in [0.1, 0.15) is 5.75 Å². The quantitative estimate of drug-likeness (QED) is 0.603. The lowest BCUT2D eigenvalue weighted by atomic mass is 10.2. The number of carbonyl (C=O) groups is 2. The summed E-state index contributed by atoms with van der Waals surface area (Å²) in [5.74, 6) is -0.140. The van der Waals surface area contributed by atoms with E-state index < -0.39 is 5.91 Å². The Kier molecular flexibility index (Phi) is 9.15. The van der Waals surface area contributed by atoms with Crippen LogP contribution in [-0.2, 0) is 4.79 Å². The molecule has 0 heterocycles. The van der Waals surface area contributed by atoms with Crippen molar-refractivity contribution < 1.29 is 14.3 Å². The van der Waals surface area contributed by atoms with E-state index in [-0.39, 0.29) is 24.9 Å². The zero-order valence-corrected chi connectivity index (χ0v) is 12.2. The maximum absolute atomic E-state index is 11.4. The van der Waals surface area contributed by atoms with Gasteiger partial charge in [-0.1, -0.05) is 0 Å². The van der Waals surface area contributed by atoms with Crippen LogP contribution in [0.5, 0.6) is 5.75 Å². The van der Waals surface area contributed by atoms with Crippen molar-refractivity contribution in [2.75, 3.05) is 26.7 Å². The number of amides is 2. The second-order valence-electron chi connectivity index (χ2n) is 3.98. The highest BCUT2D eigenvalue weighted by Gasteiger charge is 2.03. The van der Waals surface area contributed by atoms with E-state index in [0.717, 1.165) is 13.0 Å². The predicted octanol–water partition coefficient (Wildman–Crippen LogP) is 0.312. The van der Waals surface area contributed by atoms with Crippen LogP contribution in [0, 0.1) is 0 Å². The summed E-state index contributed by atoms with van der Waals surface area (Å²) in [7, 11) is 1.86. The summed E-state index contributed by atoms with van der Waals surface area (Å²) in [4.78, 5) is 22.3. The topological polar surface area (TPSA) is 93.4 Å². The van der Waals surface area contributed by atoms with Gasteiger partial charge in [-0.05, 0) is 44.3 Å². The molecule has 0 atom stereocenters. The van der Waals surface area contributed by atoms with Crippen LogP contribution in [0.3, 0.4) is 0 Å². The standard InChI is InChI=1S/C13H19N3O3.ClH/c1-15-7-2-8-16-12(17)9-19-11-5-3-10(4-6-11)13(14)18;/h3-6,15H,2,7-9H2,1H3,(H2,14,18)(H,16,17);1H. The zero-order chi connectivity index (χ0) is 14.1. The summed E-state index contributed by atoms with van der Waals surface area (Å²) in [6.45, 7) is 1.43. The Morgan fingerprint density at radius 1 is 1.20 bits per heavy atom. The van der Waals surface area contributed by atoms with Crippen molar-refractivity contribution in [1.29, 1.82) is 0 Å². The van der Waals surface area contributed by atoms with Gasteiger partial charge in [0.05, 0.1) is 0 Å². The molecular weight excluding hydrogens is 282 g/mol. The Balaban J connectivity index is 0.00000361. The minimum atomic E-state index is -0.492. The Hall–Kier alpha value is -1.79. The van der Waals surface area contributed by atoms with E-state index >= 15 is 0 Å². The average Bonchev–Trinajstić information content (AvgIpc) is 2.42. The zero-order valence-electron chi connectivity index (χ0n) is 11.3. The molecule has 0 aliphatic rings. The van der Waals surface area contributed by atoms with Gasteiger partial charge in [0.15, 0.2) is 6.61 Å². The molecule has 0 aliphatic heterocycles. The molecule has 0 unspecified atom stereocenters. The maximum Gasteiger partial charge on any atom is 0.257 e. The molecule has 0 bridgehead atoms. The van der Waals surface area contributed by atoms with Crippen LogP contribution in [0.25, 0.3) is 0 Å². The Bertz CT molecular complexity index is 423. The Morgan fingerprint density at radius 3 is 2.40 bits per heavy atom. The fourth-order valence-corrected chi connectivity index (χ4v) is 1.41. The SMILES string of the molecule is CNCCCNC(=O)COc1ccc(C(N)=O)cc1.Cl. The molecule has 20 heavy (non-hydrogen) atoms. The molecule has 6 nitrogen and oxygen atoms in total. The van der Waals surface area contributed by atoms with Gasteiger partial charge in [-0.25, -0.2) is 0 Å². The van der Waals surface area contributed by atoms with Crippen LogP contribution in [-0.4, -0.2) is 38.6 Å².